The van der Waals surface area contributed by atoms with Crippen LogP contribution in [0.15, 0.2) is 0 Å². The molecular formula is C26H46O4. The Labute approximate surface area is 183 Å². The lowest BCUT2D eigenvalue weighted by molar-refractivity contribution is -0.208. The molecule has 0 saturated heterocycles. The van der Waals surface area contributed by atoms with Crippen molar-refractivity contribution in [2.45, 2.75) is 110 Å². The van der Waals surface area contributed by atoms with Gasteiger partial charge in [-0.25, -0.2) is 0 Å². The Kier molecular flexibility index (Phi) is 6.38. The molecule has 4 nitrogen and oxygen atoms in total. The fraction of sp³-hybridized carbons (Fsp3) is 1.00. The van der Waals surface area contributed by atoms with Crippen LogP contribution in [-0.2, 0) is 4.74 Å². The first-order valence-electron chi connectivity index (χ1n) is 12.7. The summed E-state index contributed by atoms with van der Waals surface area (Å²) in [5.74, 6) is 2.65. The van der Waals surface area contributed by atoms with Crippen LogP contribution >= 0.6 is 0 Å². The molecule has 12 atom stereocenters. The second-order valence-corrected chi connectivity index (χ2v) is 12.1. The van der Waals surface area contributed by atoms with Crippen LogP contribution in [0.2, 0.25) is 0 Å². The molecule has 4 aliphatic rings. The Hall–Kier alpha value is -0.160. The van der Waals surface area contributed by atoms with Gasteiger partial charge in [0.2, 0.25) is 0 Å². The van der Waals surface area contributed by atoms with Gasteiger partial charge in [-0.1, -0.05) is 20.8 Å². The lowest BCUT2D eigenvalue weighted by atomic mass is 9.43. The van der Waals surface area contributed by atoms with Crippen molar-refractivity contribution >= 4 is 0 Å². The van der Waals surface area contributed by atoms with Gasteiger partial charge >= 0.3 is 0 Å². The molecule has 1 unspecified atom stereocenters. The molecule has 30 heavy (non-hydrogen) atoms. The first kappa shape index (κ1) is 23.0. The second-order valence-electron chi connectivity index (χ2n) is 12.1. The molecule has 0 heterocycles. The number of fused-ring (bicyclic) bond motifs is 5. The summed E-state index contributed by atoms with van der Waals surface area (Å²) >= 11 is 0. The van der Waals surface area contributed by atoms with E-state index in [0.29, 0.717) is 41.6 Å². The first-order chi connectivity index (χ1) is 14.1. The summed E-state index contributed by atoms with van der Waals surface area (Å²) in [5, 5.41) is 32.8. The number of aliphatic hydroxyl groups is 3. The highest BCUT2D eigenvalue weighted by Crippen LogP contribution is 2.68. The second kappa shape index (κ2) is 8.32. The minimum absolute atomic E-state index is 0.104. The molecule has 0 spiro atoms. The van der Waals surface area contributed by atoms with Crippen LogP contribution in [0.5, 0.6) is 0 Å². The predicted octanol–water partition coefficient (Wildman–Crippen LogP) is 4.40. The average molecular weight is 423 g/mol. The lowest BCUT2D eigenvalue weighted by Gasteiger charge is -2.63. The van der Waals surface area contributed by atoms with Crippen molar-refractivity contribution < 1.29 is 20.1 Å². The first-order valence-corrected chi connectivity index (χ1v) is 12.7. The molecule has 0 aromatic carbocycles. The molecule has 0 aromatic heterocycles. The third-order valence-electron chi connectivity index (χ3n) is 10.9. The fourth-order valence-corrected chi connectivity index (χ4v) is 9.03. The monoisotopic (exact) mass is 422 g/mol. The van der Waals surface area contributed by atoms with E-state index in [1.165, 1.54) is 0 Å². The molecule has 4 rings (SSSR count). The zero-order valence-corrected chi connectivity index (χ0v) is 19.9. The number of ether oxygens (including phenoxy) is 1. The SMILES string of the molecule is CO[C@H]1CC[C@@]2(C)[C@@H](C1)C[C@H](O)[C@@H]1[C@@H]2C[C@H](O)[C@]2(C)[C@@H](C(C)CC[C@H](C)O)CC[C@@H]12. The summed E-state index contributed by atoms with van der Waals surface area (Å²) in [5.41, 5.74) is 0.116. The highest BCUT2D eigenvalue weighted by atomic mass is 16.5. The Morgan fingerprint density at radius 3 is 2.37 bits per heavy atom. The van der Waals surface area contributed by atoms with Gasteiger partial charge in [0.15, 0.2) is 0 Å². The smallest absolute Gasteiger partial charge is 0.0602 e. The van der Waals surface area contributed by atoms with Gasteiger partial charge in [0, 0.05) is 7.11 Å². The lowest BCUT2D eigenvalue weighted by Crippen LogP contribution is -2.62. The molecule has 0 aromatic rings. The van der Waals surface area contributed by atoms with E-state index in [-0.39, 0.29) is 29.1 Å². The van der Waals surface area contributed by atoms with Gasteiger partial charge in [-0.15, -0.1) is 0 Å². The van der Waals surface area contributed by atoms with Crippen LogP contribution in [0.3, 0.4) is 0 Å². The van der Waals surface area contributed by atoms with Crippen LogP contribution < -0.4 is 0 Å². The fourth-order valence-electron chi connectivity index (χ4n) is 9.03. The van der Waals surface area contributed by atoms with Gasteiger partial charge in [0.25, 0.3) is 0 Å². The van der Waals surface area contributed by atoms with E-state index >= 15 is 0 Å². The van der Waals surface area contributed by atoms with Crippen LogP contribution in [0.4, 0.5) is 0 Å². The topological polar surface area (TPSA) is 69.9 Å². The Morgan fingerprint density at radius 1 is 0.967 bits per heavy atom. The van der Waals surface area contributed by atoms with Gasteiger partial charge in [0.1, 0.15) is 0 Å². The zero-order valence-electron chi connectivity index (χ0n) is 19.9. The van der Waals surface area contributed by atoms with E-state index in [0.717, 1.165) is 57.8 Å². The molecule has 4 saturated carbocycles. The molecule has 3 N–H and O–H groups in total. The van der Waals surface area contributed by atoms with Gasteiger partial charge < -0.3 is 20.1 Å². The third kappa shape index (κ3) is 3.49. The van der Waals surface area contributed by atoms with Crippen molar-refractivity contribution in [2.24, 2.45) is 46.3 Å². The molecule has 0 amide bonds. The van der Waals surface area contributed by atoms with E-state index in [1.807, 2.05) is 14.0 Å². The molecular weight excluding hydrogens is 376 g/mol. The normalized spacial score (nSPS) is 52.8. The van der Waals surface area contributed by atoms with E-state index < -0.39 is 0 Å². The summed E-state index contributed by atoms with van der Waals surface area (Å²) < 4.78 is 5.69. The highest BCUT2D eigenvalue weighted by Gasteiger charge is 2.65. The van der Waals surface area contributed by atoms with Crippen molar-refractivity contribution in [3.63, 3.8) is 0 Å². The number of methoxy groups -OCH3 is 1. The summed E-state index contributed by atoms with van der Waals surface area (Å²) in [7, 11) is 1.82. The molecule has 0 aliphatic heterocycles. The largest absolute Gasteiger partial charge is 0.393 e. The number of hydrogen-bond acceptors (Lipinski definition) is 4. The maximum atomic E-state index is 11.6. The average Bonchev–Trinajstić information content (AvgIpc) is 3.05. The minimum atomic E-state index is -0.284. The van der Waals surface area contributed by atoms with Crippen molar-refractivity contribution in [1.29, 1.82) is 0 Å². The Bertz CT molecular complexity index is 608. The molecule has 174 valence electrons. The standard InChI is InChI=1S/C26H46O4/c1-15(6-7-16(2)27)19-8-9-20-24-21(14-23(29)26(19,20)4)25(3)11-10-18(30-5)12-17(25)13-22(24)28/h15-24,27-29H,6-14H2,1-5H3/t15?,16-,17-,18-,19+,20-,21-,22-,23-,24-,25-,26+/m0/s1. The van der Waals surface area contributed by atoms with Crippen molar-refractivity contribution in [2.75, 3.05) is 7.11 Å². The van der Waals surface area contributed by atoms with E-state index in [2.05, 4.69) is 20.8 Å². The maximum absolute atomic E-state index is 11.6. The van der Waals surface area contributed by atoms with Gasteiger partial charge in [-0.3, -0.25) is 0 Å². The maximum Gasteiger partial charge on any atom is 0.0602 e. The quantitative estimate of drug-likeness (QED) is 0.614. The van der Waals surface area contributed by atoms with Crippen molar-refractivity contribution in [1.82, 2.24) is 0 Å². The Morgan fingerprint density at radius 2 is 1.70 bits per heavy atom. The number of rotatable bonds is 5. The number of hydrogen-bond donors (Lipinski definition) is 3. The van der Waals surface area contributed by atoms with Gasteiger partial charge in [-0.2, -0.15) is 0 Å². The number of aliphatic hydroxyl groups excluding tert-OH is 3. The summed E-state index contributed by atoms with van der Waals surface area (Å²) in [4.78, 5) is 0. The molecule has 0 radical (unpaired) electrons. The van der Waals surface area contributed by atoms with Gasteiger partial charge in [-0.05, 0) is 111 Å². The van der Waals surface area contributed by atoms with E-state index in [1.54, 1.807) is 0 Å². The third-order valence-corrected chi connectivity index (χ3v) is 10.9. The van der Waals surface area contributed by atoms with E-state index in [4.69, 9.17) is 4.74 Å². The summed E-state index contributed by atoms with van der Waals surface area (Å²) in [6.07, 6.45) is 8.78. The molecule has 4 aliphatic carbocycles. The predicted molar refractivity (Wildman–Crippen MR) is 119 cm³/mol. The molecule has 4 heteroatoms. The summed E-state index contributed by atoms with van der Waals surface area (Å²) in [6, 6.07) is 0. The highest BCUT2D eigenvalue weighted by molar-refractivity contribution is 5.14. The van der Waals surface area contributed by atoms with Crippen molar-refractivity contribution in [3.8, 4) is 0 Å². The van der Waals surface area contributed by atoms with Crippen LogP contribution in [-0.4, -0.2) is 46.8 Å². The van der Waals surface area contributed by atoms with Crippen molar-refractivity contribution in [3.05, 3.63) is 0 Å². The summed E-state index contributed by atoms with van der Waals surface area (Å²) in [6.45, 7) is 8.98. The van der Waals surface area contributed by atoms with Crippen LogP contribution in [0, 0.1) is 46.3 Å². The molecule has 4 fully saturated rings. The zero-order chi connectivity index (χ0) is 21.8. The van der Waals surface area contributed by atoms with Crippen LogP contribution in [0.25, 0.3) is 0 Å². The van der Waals surface area contributed by atoms with Crippen LogP contribution in [0.1, 0.15) is 85.5 Å². The van der Waals surface area contributed by atoms with E-state index in [9.17, 15) is 15.3 Å². The Balaban J connectivity index is 1.58. The van der Waals surface area contributed by atoms with Gasteiger partial charge in [0.05, 0.1) is 24.4 Å². The molecule has 0 bridgehead atoms. The minimum Gasteiger partial charge on any atom is -0.393 e.